The lowest BCUT2D eigenvalue weighted by Crippen LogP contribution is -2.34. The van der Waals surface area contributed by atoms with Crippen LogP contribution in [0.25, 0.3) is 0 Å². The fourth-order valence-electron chi connectivity index (χ4n) is 5.79. The number of nitrogens with zero attached hydrogens (tertiary/aromatic N) is 6. The zero-order valence-electron chi connectivity index (χ0n) is 26.1. The van der Waals surface area contributed by atoms with Crippen LogP contribution < -0.4 is 14.5 Å². The largest absolute Gasteiger partial charge is 0.573 e. The third kappa shape index (κ3) is 9.65. The molecule has 1 fully saturated rings. The standard InChI is InChI=1S/C30H33F9N6O3/c1-4-44(15-18-5-7-20(8-6-18)26(46)47-3)25-10-9-24(48-30(37,38)39)13-21(25)17-45(27-40-42-43(2)41-27)16-19-11-22(28(31,32)33)14-23(12-19)29(34,35)36/h9-14,18,20H,4-8,15-17H2,1-3H3/t18-,20-. The molecule has 1 heterocycles. The van der Waals surface area contributed by atoms with E-state index in [0.29, 0.717) is 56.6 Å². The molecule has 264 valence electrons. The van der Waals surface area contributed by atoms with Crippen LogP contribution in [0.15, 0.2) is 36.4 Å². The van der Waals surface area contributed by atoms with Crippen molar-refractivity contribution in [2.24, 2.45) is 18.9 Å². The van der Waals surface area contributed by atoms with Gasteiger partial charge in [-0.25, -0.2) is 0 Å². The molecule has 1 aliphatic carbocycles. The number of hydrogen-bond acceptors (Lipinski definition) is 8. The number of halogens is 9. The molecule has 0 N–H and O–H groups in total. The Labute approximate surface area is 269 Å². The van der Waals surface area contributed by atoms with Crippen molar-refractivity contribution in [1.82, 2.24) is 20.2 Å². The highest BCUT2D eigenvalue weighted by atomic mass is 19.4. The predicted molar refractivity (Wildman–Crippen MR) is 154 cm³/mol. The summed E-state index contributed by atoms with van der Waals surface area (Å²) in [6.07, 6.45) is -12.7. The number of ether oxygens (including phenoxy) is 2. The van der Waals surface area contributed by atoms with Crippen molar-refractivity contribution >= 4 is 17.6 Å². The van der Waals surface area contributed by atoms with E-state index in [0.717, 1.165) is 16.9 Å². The molecule has 0 atom stereocenters. The van der Waals surface area contributed by atoms with E-state index in [1.54, 1.807) is 0 Å². The predicted octanol–water partition coefficient (Wildman–Crippen LogP) is 7.16. The maximum Gasteiger partial charge on any atom is 0.573 e. The van der Waals surface area contributed by atoms with Gasteiger partial charge in [-0.15, -0.1) is 18.3 Å². The van der Waals surface area contributed by atoms with Gasteiger partial charge in [0.1, 0.15) is 5.75 Å². The fraction of sp³-hybridized carbons (Fsp3) is 0.533. The molecule has 4 rings (SSSR count). The number of anilines is 2. The van der Waals surface area contributed by atoms with E-state index >= 15 is 0 Å². The Kier molecular flexibility index (Phi) is 11.0. The van der Waals surface area contributed by atoms with E-state index in [-0.39, 0.29) is 41.9 Å². The second-order valence-electron chi connectivity index (χ2n) is 11.5. The van der Waals surface area contributed by atoms with Gasteiger partial charge < -0.3 is 19.3 Å². The van der Waals surface area contributed by atoms with E-state index in [4.69, 9.17) is 4.74 Å². The smallest absolute Gasteiger partial charge is 0.469 e. The van der Waals surface area contributed by atoms with Gasteiger partial charge in [-0.2, -0.15) is 31.1 Å². The summed E-state index contributed by atoms with van der Waals surface area (Å²) in [5.74, 6) is -1.17. The van der Waals surface area contributed by atoms with E-state index < -0.39 is 47.7 Å². The molecule has 48 heavy (non-hydrogen) atoms. The molecule has 18 heteroatoms. The van der Waals surface area contributed by atoms with Gasteiger partial charge in [0.25, 0.3) is 5.95 Å². The number of carbonyl (C=O) groups excluding carboxylic acids is 1. The molecular weight excluding hydrogens is 663 g/mol. The van der Waals surface area contributed by atoms with Crippen molar-refractivity contribution in [2.45, 2.75) is 64.4 Å². The molecule has 0 amide bonds. The molecule has 1 aliphatic rings. The number of esters is 1. The average molecular weight is 697 g/mol. The maximum atomic E-state index is 13.6. The number of alkyl halides is 9. The minimum atomic E-state index is -5.10. The SMILES string of the molecule is CCN(C[C@H]1CC[C@H](C(=O)OC)CC1)c1ccc(OC(F)(F)F)cc1CN(Cc1cc(C(F)(F)F)cc(C(F)(F)F)c1)c1nnn(C)n1. The summed E-state index contributed by atoms with van der Waals surface area (Å²) in [6.45, 7) is 1.75. The first-order valence-electron chi connectivity index (χ1n) is 14.8. The number of hydrogen-bond donors (Lipinski definition) is 0. The van der Waals surface area contributed by atoms with Gasteiger partial charge in [0.15, 0.2) is 0 Å². The van der Waals surface area contributed by atoms with E-state index in [1.807, 2.05) is 11.8 Å². The van der Waals surface area contributed by atoms with E-state index in [9.17, 15) is 44.3 Å². The normalized spacial score (nSPS) is 17.2. The molecule has 0 radical (unpaired) electrons. The lowest BCUT2D eigenvalue weighted by Gasteiger charge is -2.34. The Bertz CT molecular complexity index is 1520. The van der Waals surface area contributed by atoms with Crippen molar-refractivity contribution in [3.05, 3.63) is 58.7 Å². The van der Waals surface area contributed by atoms with Gasteiger partial charge in [-0.1, -0.05) is 5.10 Å². The van der Waals surface area contributed by atoms with Crippen LogP contribution >= 0.6 is 0 Å². The topological polar surface area (TPSA) is 85.6 Å². The first kappa shape index (κ1) is 36.6. The number of rotatable bonds is 11. The average Bonchev–Trinajstić information content (AvgIpc) is 3.44. The number of tetrazole rings is 1. The first-order valence-corrected chi connectivity index (χ1v) is 14.8. The third-order valence-electron chi connectivity index (χ3n) is 8.03. The second-order valence-corrected chi connectivity index (χ2v) is 11.5. The van der Waals surface area contributed by atoms with Gasteiger partial charge in [0.2, 0.25) is 0 Å². The Morgan fingerprint density at radius 2 is 1.52 bits per heavy atom. The summed E-state index contributed by atoms with van der Waals surface area (Å²) in [4.78, 5) is 16.1. The number of aromatic nitrogens is 4. The van der Waals surface area contributed by atoms with E-state index in [2.05, 4.69) is 20.1 Å². The number of methoxy groups -OCH3 is 1. The van der Waals surface area contributed by atoms with Gasteiger partial charge in [0, 0.05) is 31.9 Å². The third-order valence-corrected chi connectivity index (χ3v) is 8.03. The molecule has 3 aromatic rings. The Balaban J connectivity index is 1.73. The molecule has 0 spiro atoms. The van der Waals surface area contributed by atoms with Crippen LogP contribution in [0.1, 0.15) is 54.9 Å². The van der Waals surface area contributed by atoms with Gasteiger partial charge >= 0.3 is 24.7 Å². The summed E-state index contributed by atoms with van der Waals surface area (Å²) >= 11 is 0. The fourth-order valence-corrected chi connectivity index (χ4v) is 5.79. The summed E-state index contributed by atoms with van der Waals surface area (Å²) in [5.41, 5.74) is -2.80. The van der Waals surface area contributed by atoms with Gasteiger partial charge in [0.05, 0.1) is 31.2 Å². The molecular formula is C30H33F9N6O3. The molecule has 0 unspecified atom stereocenters. The Hall–Kier alpha value is -4.25. The number of carbonyl (C=O) groups is 1. The molecule has 1 aromatic heterocycles. The molecule has 1 saturated carbocycles. The van der Waals surface area contributed by atoms with Crippen LogP contribution in [0.3, 0.4) is 0 Å². The summed E-state index contributed by atoms with van der Waals surface area (Å²) < 4.78 is 130. The van der Waals surface area contributed by atoms with Crippen molar-refractivity contribution in [1.29, 1.82) is 0 Å². The van der Waals surface area contributed by atoms with Crippen molar-refractivity contribution in [2.75, 3.05) is 30.0 Å². The van der Waals surface area contributed by atoms with E-state index in [1.165, 1.54) is 25.1 Å². The summed E-state index contributed by atoms with van der Waals surface area (Å²) in [7, 11) is 2.71. The van der Waals surface area contributed by atoms with Crippen molar-refractivity contribution in [3.63, 3.8) is 0 Å². The maximum absolute atomic E-state index is 13.6. The van der Waals surface area contributed by atoms with Crippen molar-refractivity contribution in [3.8, 4) is 5.75 Å². The summed E-state index contributed by atoms with van der Waals surface area (Å²) in [5, 5.41) is 11.6. The summed E-state index contributed by atoms with van der Waals surface area (Å²) in [6, 6.07) is 4.76. The minimum Gasteiger partial charge on any atom is -0.469 e. The molecule has 9 nitrogen and oxygen atoms in total. The Morgan fingerprint density at radius 3 is 2.02 bits per heavy atom. The van der Waals surface area contributed by atoms with Gasteiger partial charge in [-0.3, -0.25) is 4.79 Å². The zero-order valence-corrected chi connectivity index (χ0v) is 26.1. The van der Waals surface area contributed by atoms with Crippen LogP contribution in [-0.4, -0.2) is 52.7 Å². The second kappa shape index (κ2) is 14.5. The number of benzene rings is 2. The minimum absolute atomic E-state index is 0.00222. The van der Waals surface area contributed by atoms with Crippen molar-refractivity contribution < 1.29 is 53.8 Å². The van der Waals surface area contributed by atoms with Gasteiger partial charge in [-0.05, 0) is 91.3 Å². The lowest BCUT2D eigenvalue weighted by molar-refractivity contribution is -0.274. The van der Waals surface area contributed by atoms with Crippen LogP contribution in [-0.2, 0) is 42.0 Å². The van der Waals surface area contributed by atoms with Crippen LogP contribution in [0, 0.1) is 11.8 Å². The Morgan fingerprint density at radius 1 is 0.896 bits per heavy atom. The van der Waals surface area contributed by atoms with Crippen LogP contribution in [0.5, 0.6) is 5.75 Å². The molecule has 2 aromatic carbocycles. The monoisotopic (exact) mass is 696 g/mol. The highest BCUT2D eigenvalue weighted by molar-refractivity contribution is 5.72. The zero-order chi connectivity index (χ0) is 35.4. The highest BCUT2D eigenvalue weighted by Crippen LogP contribution is 2.38. The molecule has 0 bridgehead atoms. The lowest BCUT2D eigenvalue weighted by atomic mass is 9.81. The quantitative estimate of drug-likeness (QED) is 0.154. The highest BCUT2D eigenvalue weighted by Gasteiger charge is 2.37. The van der Waals surface area contributed by atoms with Crippen LogP contribution in [0.2, 0.25) is 0 Å². The molecule has 0 aliphatic heterocycles. The first-order chi connectivity index (χ1) is 22.4. The van der Waals surface area contributed by atoms with Crippen LogP contribution in [0.4, 0.5) is 51.1 Å². The molecule has 0 saturated heterocycles. The number of aryl methyl sites for hydroxylation is 1.